The van der Waals surface area contributed by atoms with Gasteiger partial charge in [0.15, 0.2) is 0 Å². The predicted molar refractivity (Wildman–Crippen MR) is 80.2 cm³/mol. The lowest BCUT2D eigenvalue weighted by molar-refractivity contribution is 0.0277. The van der Waals surface area contributed by atoms with Crippen molar-refractivity contribution in [2.75, 3.05) is 26.3 Å². The van der Waals surface area contributed by atoms with E-state index < -0.39 is 10.2 Å². The van der Waals surface area contributed by atoms with Crippen LogP contribution in [-0.2, 0) is 14.9 Å². The van der Waals surface area contributed by atoms with Gasteiger partial charge >= 0.3 is 0 Å². The first kappa shape index (κ1) is 15.4. The predicted octanol–water partition coefficient (Wildman–Crippen LogP) is 0.727. The molecule has 1 aromatic heterocycles. The first-order valence-corrected chi connectivity index (χ1v) is 9.45. The molecule has 2 N–H and O–H groups in total. The third kappa shape index (κ3) is 3.46. The van der Waals surface area contributed by atoms with Crippen LogP contribution < -0.4 is 4.72 Å². The Morgan fingerprint density at radius 3 is 2.67 bits per heavy atom. The van der Waals surface area contributed by atoms with Crippen molar-refractivity contribution in [1.29, 1.82) is 0 Å². The Hall–Kier alpha value is -0.510. The van der Waals surface area contributed by atoms with Crippen LogP contribution in [0.2, 0.25) is 0 Å². The van der Waals surface area contributed by atoms with Gasteiger partial charge < -0.3 is 9.84 Å². The van der Waals surface area contributed by atoms with E-state index in [4.69, 9.17) is 4.74 Å². The molecule has 21 heavy (non-hydrogen) atoms. The quantitative estimate of drug-likeness (QED) is 0.833. The van der Waals surface area contributed by atoms with E-state index >= 15 is 0 Å². The first-order chi connectivity index (χ1) is 10.1. The van der Waals surface area contributed by atoms with Crippen molar-refractivity contribution in [1.82, 2.24) is 9.03 Å². The molecule has 2 aliphatic rings. The summed E-state index contributed by atoms with van der Waals surface area (Å²) in [6.07, 6.45) is 0.993. The molecular weight excluding hydrogens is 312 g/mol. The third-order valence-corrected chi connectivity index (χ3v) is 6.61. The maximum absolute atomic E-state index is 12.5. The van der Waals surface area contributed by atoms with Crippen LogP contribution in [0.1, 0.15) is 23.8 Å². The van der Waals surface area contributed by atoms with Crippen LogP contribution in [0.5, 0.6) is 0 Å². The Morgan fingerprint density at radius 1 is 1.38 bits per heavy atom. The minimum Gasteiger partial charge on any atom is -0.393 e. The van der Waals surface area contributed by atoms with Crippen LogP contribution in [0.15, 0.2) is 17.5 Å². The van der Waals surface area contributed by atoms with Gasteiger partial charge in [0.05, 0.1) is 25.4 Å². The summed E-state index contributed by atoms with van der Waals surface area (Å²) in [7, 11) is -3.52. The lowest BCUT2D eigenvalue weighted by Crippen LogP contribution is -2.50. The molecule has 1 aromatic rings. The molecular formula is C13H20N2O4S2. The smallest absolute Gasteiger partial charge is 0.280 e. The van der Waals surface area contributed by atoms with E-state index in [0.717, 1.165) is 4.88 Å². The molecule has 0 amide bonds. The normalized spacial score (nSPS) is 29.0. The highest BCUT2D eigenvalue weighted by Crippen LogP contribution is 2.40. The molecule has 8 heteroatoms. The van der Waals surface area contributed by atoms with Crippen LogP contribution in [0.3, 0.4) is 0 Å². The molecule has 0 bridgehead atoms. The lowest BCUT2D eigenvalue weighted by atomic mass is 9.77. The van der Waals surface area contributed by atoms with Gasteiger partial charge in [-0.05, 0) is 30.2 Å². The van der Waals surface area contributed by atoms with E-state index in [-0.39, 0.29) is 18.1 Å². The summed E-state index contributed by atoms with van der Waals surface area (Å²) >= 11 is 1.55. The molecule has 0 spiro atoms. The van der Waals surface area contributed by atoms with Crippen LogP contribution in [0.25, 0.3) is 0 Å². The zero-order chi connectivity index (χ0) is 14.9. The van der Waals surface area contributed by atoms with E-state index in [2.05, 4.69) is 4.72 Å². The monoisotopic (exact) mass is 332 g/mol. The summed E-state index contributed by atoms with van der Waals surface area (Å²) in [6, 6.07) is 3.62. The fraction of sp³-hybridized carbons (Fsp3) is 0.692. The molecule has 2 fully saturated rings. The average Bonchev–Trinajstić information content (AvgIpc) is 2.97. The number of morpholine rings is 1. The summed E-state index contributed by atoms with van der Waals surface area (Å²) in [5, 5.41) is 11.5. The number of hydrogen-bond acceptors (Lipinski definition) is 5. The van der Waals surface area contributed by atoms with Crippen molar-refractivity contribution in [2.24, 2.45) is 5.92 Å². The van der Waals surface area contributed by atoms with Gasteiger partial charge in [-0.15, -0.1) is 11.3 Å². The number of aliphatic hydroxyl groups excluding tert-OH is 1. The van der Waals surface area contributed by atoms with Crippen LogP contribution in [0, 0.1) is 5.92 Å². The maximum Gasteiger partial charge on any atom is 0.280 e. The van der Waals surface area contributed by atoms with Crippen LogP contribution in [0.4, 0.5) is 0 Å². The molecule has 1 saturated heterocycles. The SMILES string of the molecule is O=S(=O)(NC(c1cccs1)C1CC(O)C1)N1CCOCC1. The standard InChI is InChI=1S/C13H20N2O4S2/c16-11-8-10(9-11)13(12-2-1-7-20-12)14-21(17,18)15-3-5-19-6-4-15/h1-2,7,10-11,13-14,16H,3-6,8-9H2. The van der Waals surface area contributed by atoms with E-state index in [1.807, 2.05) is 17.5 Å². The molecule has 0 radical (unpaired) electrons. The second-order valence-electron chi connectivity index (χ2n) is 5.51. The van der Waals surface area contributed by atoms with Gasteiger partial charge in [-0.2, -0.15) is 17.4 Å². The minimum atomic E-state index is -3.52. The molecule has 6 nitrogen and oxygen atoms in total. The highest BCUT2D eigenvalue weighted by Gasteiger charge is 2.38. The van der Waals surface area contributed by atoms with Crippen molar-refractivity contribution in [3.63, 3.8) is 0 Å². The second-order valence-corrected chi connectivity index (χ2v) is 8.19. The fourth-order valence-electron chi connectivity index (χ4n) is 2.78. The van der Waals surface area contributed by atoms with Crippen molar-refractivity contribution < 1.29 is 18.3 Å². The average molecular weight is 332 g/mol. The minimum absolute atomic E-state index is 0.162. The Balaban J connectivity index is 1.74. The molecule has 1 aliphatic heterocycles. The molecule has 1 saturated carbocycles. The van der Waals surface area contributed by atoms with Crippen LogP contribution >= 0.6 is 11.3 Å². The number of thiophene rings is 1. The van der Waals surface area contributed by atoms with E-state index in [1.165, 1.54) is 4.31 Å². The van der Waals surface area contributed by atoms with Gasteiger partial charge in [-0.1, -0.05) is 6.07 Å². The van der Waals surface area contributed by atoms with Gasteiger partial charge in [-0.3, -0.25) is 0 Å². The van der Waals surface area contributed by atoms with Crippen molar-refractivity contribution in [3.05, 3.63) is 22.4 Å². The first-order valence-electron chi connectivity index (χ1n) is 7.13. The topological polar surface area (TPSA) is 78.9 Å². The number of rotatable bonds is 5. The lowest BCUT2D eigenvalue weighted by Gasteiger charge is -2.38. The largest absolute Gasteiger partial charge is 0.393 e. The number of hydrogen-bond donors (Lipinski definition) is 2. The van der Waals surface area contributed by atoms with Crippen LogP contribution in [-0.4, -0.2) is 50.2 Å². The number of nitrogens with one attached hydrogen (secondary N) is 1. The van der Waals surface area contributed by atoms with E-state index in [9.17, 15) is 13.5 Å². The van der Waals surface area contributed by atoms with Crippen molar-refractivity contribution >= 4 is 21.5 Å². The molecule has 0 aromatic carbocycles. The zero-order valence-electron chi connectivity index (χ0n) is 11.6. The van der Waals surface area contributed by atoms with Crippen molar-refractivity contribution in [2.45, 2.75) is 25.0 Å². The second kappa shape index (κ2) is 6.31. The molecule has 3 rings (SSSR count). The van der Waals surface area contributed by atoms with Gasteiger partial charge in [0, 0.05) is 18.0 Å². The maximum atomic E-state index is 12.5. The Bertz CT molecular complexity index is 549. The molecule has 1 atom stereocenters. The van der Waals surface area contributed by atoms with Crippen molar-refractivity contribution in [3.8, 4) is 0 Å². The highest BCUT2D eigenvalue weighted by atomic mass is 32.2. The van der Waals surface area contributed by atoms with E-state index in [0.29, 0.717) is 39.1 Å². The molecule has 118 valence electrons. The van der Waals surface area contributed by atoms with Gasteiger partial charge in [-0.25, -0.2) is 0 Å². The Kier molecular flexibility index (Phi) is 4.63. The highest BCUT2D eigenvalue weighted by molar-refractivity contribution is 7.87. The zero-order valence-corrected chi connectivity index (χ0v) is 13.3. The third-order valence-electron chi connectivity index (χ3n) is 4.06. The summed E-state index contributed by atoms with van der Waals surface area (Å²) in [6.45, 7) is 1.65. The summed E-state index contributed by atoms with van der Waals surface area (Å²) in [5.41, 5.74) is 0. The molecule has 2 heterocycles. The summed E-state index contributed by atoms with van der Waals surface area (Å²) in [4.78, 5) is 1.00. The molecule has 1 unspecified atom stereocenters. The number of nitrogens with zero attached hydrogens (tertiary/aromatic N) is 1. The van der Waals surface area contributed by atoms with Gasteiger partial charge in [0.25, 0.3) is 10.2 Å². The fourth-order valence-corrected chi connectivity index (χ4v) is 5.14. The molecule has 1 aliphatic carbocycles. The van der Waals surface area contributed by atoms with E-state index in [1.54, 1.807) is 11.3 Å². The Labute approximate surface area is 128 Å². The van der Waals surface area contributed by atoms with Gasteiger partial charge in [0.1, 0.15) is 0 Å². The summed E-state index contributed by atoms with van der Waals surface area (Å²) in [5.74, 6) is 0.162. The number of aliphatic hydroxyl groups is 1. The number of ether oxygens (including phenoxy) is 1. The van der Waals surface area contributed by atoms with Gasteiger partial charge in [0.2, 0.25) is 0 Å². The summed E-state index contributed by atoms with van der Waals surface area (Å²) < 4.78 is 34.5. The Morgan fingerprint density at radius 2 is 2.10 bits per heavy atom.